The van der Waals surface area contributed by atoms with Crippen LogP contribution in [-0.2, 0) is 0 Å². The Morgan fingerprint density at radius 3 is 2.80 bits per heavy atom. The second-order valence-corrected chi connectivity index (χ2v) is 2.91. The minimum atomic E-state index is -0.278. The van der Waals surface area contributed by atoms with Gasteiger partial charge in [0.25, 0.3) is 0 Å². The number of allylic oxidation sites excluding steroid dienone is 3. The van der Waals surface area contributed by atoms with E-state index in [1.165, 1.54) is 0 Å². The first kappa shape index (κ1) is 7.55. The number of aliphatic hydroxyl groups excluding tert-OH is 1. The lowest BCUT2D eigenvalue weighted by Crippen LogP contribution is -2.13. The Hall–Kier alpha value is -0.560. The molecule has 1 heteroatoms. The minimum Gasteiger partial charge on any atom is -0.389 e. The van der Waals surface area contributed by atoms with Gasteiger partial charge in [-0.1, -0.05) is 25.2 Å². The van der Waals surface area contributed by atoms with Crippen molar-refractivity contribution in [1.82, 2.24) is 0 Å². The van der Waals surface area contributed by atoms with Gasteiger partial charge in [-0.15, -0.1) is 0 Å². The van der Waals surface area contributed by atoms with Gasteiger partial charge in [-0.3, -0.25) is 0 Å². The Bertz CT molecular complexity index is 166. The topological polar surface area (TPSA) is 20.2 Å². The van der Waals surface area contributed by atoms with Gasteiger partial charge >= 0.3 is 0 Å². The van der Waals surface area contributed by atoms with Gasteiger partial charge in [0.2, 0.25) is 0 Å². The summed E-state index contributed by atoms with van der Waals surface area (Å²) in [7, 11) is 0. The van der Waals surface area contributed by atoms with Crippen molar-refractivity contribution in [3.63, 3.8) is 0 Å². The number of hydrogen-bond acceptors (Lipinski definition) is 1. The molecule has 0 spiro atoms. The normalized spacial score (nSPS) is 27.9. The molecule has 0 aliphatic heterocycles. The van der Waals surface area contributed by atoms with Gasteiger partial charge in [0.05, 0.1) is 6.10 Å². The van der Waals surface area contributed by atoms with Gasteiger partial charge in [-0.05, 0) is 24.8 Å². The molecule has 0 bridgehead atoms. The summed E-state index contributed by atoms with van der Waals surface area (Å²) in [6.07, 6.45) is 6.95. The van der Waals surface area contributed by atoms with Gasteiger partial charge in [0, 0.05) is 0 Å². The molecule has 1 N–H and O–H groups in total. The van der Waals surface area contributed by atoms with E-state index in [0.717, 1.165) is 12.0 Å². The average Bonchev–Trinajstić information content (AvgIpc) is 1.88. The highest BCUT2D eigenvalue weighted by atomic mass is 16.3. The monoisotopic (exact) mass is 138 g/mol. The van der Waals surface area contributed by atoms with E-state index in [1.54, 1.807) is 0 Å². The molecule has 0 saturated carbocycles. The second-order valence-electron chi connectivity index (χ2n) is 2.91. The van der Waals surface area contributed by atoms with Gasteiger partial charge in [0.1, 0.15) is 0 Å². The first-order valence-corrected chi connectivity index (χ1v) is 3.76. The van der Waals surface area contributed by atoms with E-state index < -0.39 is 0 Å². The van der Waals surface area contributed by atoms with Crippen LogP contribution in [0.1, 0.15) is 20.3 Å². The highest BCUT2D eigenvalue weighted by molar-refractivity contribution is 5.22. The van der Waals surface area contributed by atoms with Crippen molar-refractivity contribution < 1.29 is 5.11 Å². The van der Waals surface area contributed by atoms with Crippen LogP contribution in [0, 0.1) is 5.92 Å². The van der Waals surface area contributed by atoms with E-state index >= 15 is 0 Å². The summed E-state index contributed by atoms with van der Waals surface area (Å²) in [4.78, 5) is 0. The van der Waals surface area contributed by atoms with Crippen molar-refractivity contribution >= 4 is 0 Å². The molecule has 1 rings (SSSR count). The molecule has 0 radical (unpaired) electrons. The third-order valence-corrected chi connectivity index (χ3v) is 1.97. The molecule has 1 aliphatic rings. The lowest BCUT2D eigenvalue weighted by atomic mass is 9.90. The first-order valence-electron chi connectivity index (χ1n) is 3.76. The number of aliphatic hydroxyl groups is 1. The largest absolute Gasteiger partial charge is 0.389 e. The van der Waals surface area contributed by atoms with Gasteiger partial charge < -0.3 is 5.11 Å². The van der Waals surface area contributed by atoms with Crippen LogP contribution in [0.5, 0.6) is 0 Å². The fourth-order valence-corrected chi connectivity index (χ4v) is 1.31. The van der Waals surface area contributed by atoms with E-state index in [-0.39, 0.29) is 6.10 Å². The van der Waals surface area contributed by atoms with Crippen molar-refractivity contribution in [2.24, 2.45) is 5.92 Å². The molecule has 0 saturated heterocycles. The summed E-state index contributed by atoms with van der Waals surface area (Å²) in [5.41, 5.74) is 1.16. The van der Waals surface area contributed by atoms with Crippen molar-refractivity contribution in [1.29, 1.82) is 0 Å². The van der Waals surface area contributed by atoms with Crippen molar-refractivity contribution in [3.05, 3.63) is 23.8 Å². The molecule has 0 aromatic heterocycles. The average molecular weight is 138 g/mol. The Morgan fingerprint density at radius 1 is 1.70 bits per heavy atom. The number of rotatable bonds is 1. The summed E-state index contributed by atoms with van der Waals surface area (Å²) in [5.74, 6) is 0.519. The lowest BCUT2D eigenvalue weighted by molar-refractivity contribution is 0.218. The predicted octanol–water partition coefficient (Wildman–Crippen LogP) is 1.89. The zero-order valence-electron chi connectivity index (χ0n) is 6.54. The standard InChI is InChI=1S/C9H14O/c1-7-5-3-4-6-9(7)8(2)10/h3-4,6-8,10H,5H2,1-2H3. The molecular weight excluding hydrogens is 124 g/mol. The molecule has 0 amide bonds. The Labute approximate surface area is 62.1 Å². The van der Waals surface area contributed by atoms with E-state index in [2.05, 4.69) is 13.0 Å². The highest BCUT2D eigenvalue weighted by Crippen LogP contribution is 2.22. The van der Waals surface area contributed by atoms with Gasteiger partial charge in [0.15, 0.2) is 0 Å². The molecule has 0 fully saturated rings. The zero-order chi connectivity index (χ0) is 7.56. The van der Waals surface area contributed by atoms with Crippen LogP contribution in [0.3, 0.4) is 0 Å². The Balaban J connectivity index is 2.70. The molecule has 0 aromatic rings. The quantitative estimate of drug-likeness (QED) is 0.586. The molecular formula is C9H14O. The summed E-state index contributed by atoms with van der Waals surface area (Å²) in [6, 6.07) is 0. The summed E-state index contributed by atoms with van der Waals surface area (Å²) in [5, 5.41) is 9.25. The van der Waals surface area contributed by atoms with E-state index in [9.17, 15) is 5.11 Å². The second kappa shape index (κ2) is 3.02. The Kier molecular flexibility index (Phi) is 2.28. The molecule has 1 aliphatic carbocycles. The first-order chi connectivity index (χ1) is 4.72. The fourth-order valence-electron chi connectivity index (χ4n) is 1.31. The van der Waals surface area contributed by atoms with Crippen LogP contribution in [0.4, 0.5) is 0 Å². The molecule has 1 nitrogen and oxygen atoms in total. The third kappa shape index (κ3) is 1.48. The van der Waals surface area contributed by atoms with E-state index in [0.29, 0.717) is 5.92 Å². The van der Waals surface area contributed by atoms with E-state index in [1.807, 2.05) is 19.1 Å². The maximum Gasteiger partial charge on any atom is 0.0727 e. The SMILES string of the molecule is CC(O)C1=CC=CCC1C. The van der Waals surface area contributed by atoms with Crippen LogP contribution < -0.4 is 0 Å². The predicted molar refractivity (Wildman–Crippen MR) is 42.7 cm³/mol. The van der Waals surface area contributed by atoms with Crippen LogP contribution in [-0.4, -0.2) is 11.2 Å². The molecule has 56 valence electrons. The van der Waals surface area contributed by atoms with Crippen LogP contribution in [0.2, 0.25) is 0 Å². The molecule has 2 unspecified atom stereocenters. The summed E-state index contributed by atoms with van der Waals surface area (Å²) < 4.78 is 0. The zero-order valence-corrected chi connectivity index (χ0v) is 6.54. The molecule has 0 heterocycles. The Morgan fingerprint density at radius 2 is 2.40 bits per heavy atom. The fraction of sp³-hybridized carbons (Fsp3) is 0.556. The van der Waals surface area contributed by atoms with Gasteiger partial charge in [-0.25, -0.2) is 0 Å². The molecule has 0 aromatic carbocycles. The maximum absolute atomic E-state index is 9.25. The van der Waals surface area contributed by atoms with Crippen LogP contribution in [0.15, 0.2) is 23.8 Å². The number of hydrogen-bond donors (Lipinski definition) is 1. The third-order valence-electron chi connectivity index (χ3n) is 1.97. The van der Waals surface area contributed by atoms with Crippen LogP contribution in [0.25, 0.3) is 0 Å². The van der Waals surface area contributed by atoms with Crippen molar-refractivity contribution in [3.8, 4) is 0 Å². The van der Waals surface area contributed by atoms with Crippen LogP contribution >= 0.6 is 0 Å². The summed E-state index contributed by atoms with van der Waals surface area (Å²) >= 11 is 0. The molecule has 10 heavy (non-hydrogen) atoms. The molecule has 2 atom stereocenters. The van der Waals surface area contributed by atoms with E-state index in [4.69, 9.17) is 0 Å². The summed E-state index contributed by atoms with van der Waals surface area (Å²) in [6.45, 7) is 3.96. The van der Waals surface area contributed by atoms with Crippen molar-refractivity contribution in [2.75, 3.05) is 0 Å². The lowest BCUT2D eigenvalue weighted by Gasteiger charge is -2.19. The highest BCUT2D eigenvalue weighted by Gasteiger charge is 2.13. The maximum atomic E-state index is 9.25. The minimum absolute atomic E-state index is 0.278. The van der Waals surface area contributed by atoms with Crippen molar-refractivity contribution in [2.45, 2.75) is 26.4 Å². The van der Waals surface area contributed by atoms with Gasteiger partial charge in [-0.2, -0.15) is 0 Å². The smallest absolute Gasteiger partial charge is 0.0727 e.